The Kier molecular flexibility index (Phi) is 2.79. The highest BCUT2D eigenvalue weighted by Crippen LogP contribution is 2.23. The number of carbonyl (C=O) groups excluding carboxylic acids is 1. The van der Waals surface area contributed by atoms with Crippen LogP contribution in [0.25, 0.3) is 0 Å². The van der Waals surface area contributed by atoms with Crippen LogP contribution in [0.1, 0.15) is 10.4 Å². The van der Waals surface area contributed by atoms with Crippen molar-refractivity contribution < 1.29 is 14.3 Å². The molecule has 1 aromatic carbocycles. The molecule has 2 rings (SSSR count). The molecular formula is C10H10ClNO3. The first-order chi connectivity index (χ1) is 7.18. The van der Waals surface area contributed by atoms with Gasteiger partial charge in [-0.3, -0.25) is 0 Å². The Morgan fingerprint density at radius 2 is 2.27 bits per heavy atom. The topological polar surface area (TPSA) is 61.6 Å². The summed E-state index contributed by atoms with van der Waals surface area (Å²) in [5.41, 5.74) is 6.20. The minimum absolute atomic E-state index is 0.173. The fraction of sp³-hybridized carbons (Fsp3) is 0.300. The second-order valence-corrected chi connectivity index (χ2v) is 3.68. The van der Waals surface area contributed by atoms with Gasteiger partial charge in [0.2, 0.25) is 0 Å². The van der Waals surface area contributed by atoms with Crippen LogP contribution >= 0.6 is 11.6 Å². The van der Waals surface area contributed by atoms with Crippen LogP contribution in [0, 0.1) is 0 Å². The van der Waals surface area contributed by atoms with Crippen LogP contribution in [0.2, 0.25) is 5.02 Å². The van der Waals surface area contributed by atoms with Crippen LogP contribution in [-0.2, 0) is 9.47 Å². The molecule has 4 nitrogen and oxygen atoms in total. The normalized spacial score (nSPS) is 15.8. The van der Waals surface area contributed by atoms with Gasteiger partial charge in [-0.15, -0.1) is 0 Å². The number of hydrogen-bond acceptors (Lipinski definition) is 4. The Morgan fingerprint density at radius 1 is 1.53 bits per heavy atom. The largest absolute Gasteiger partial charge is 0.454 e. The van der Waals surface area contributed by atoms with Gasteiger partial charge < -0.3 is 15.2 Å². The summed E-state index contributed by atoms with van der Waals surface area (Å²) >= 11 is 5.86. The van der Waals surface area contributed by atoms with Crippen molar-refractivity contribution >= 4 is 23.3 Å². The Hall–Kier alpha value is -1.26. The van der Waals surface area contributed by atoms with E-state index >= 15 is 0 Å². The van der Waals surface area contributed by atoms with Crippen molar-refractivity contribution in [3.05, 3.63) is 28.8 Å². The molecule has 0 aliphatic carbocycles. The molecule has 0 spiro atoms. The highest BCUT2D eigenvalue weighted by molar-refractivity contribution is 6.34. The minimum Gasteiger partial charge on any atom is -0.454 e. The fourth-order valence-corrected chi connectivity index (χ4v) is 1.51. The molecule has 80 valence electrons. The summed E-state index contributed by atoms with van der Waals surface area (Å²) in [4.78, 5) is 11.6. The van der Waals surface area contributed by atoms with E-state index < -0.39 is 5.97 Å². The maximum atomic E-state index is 11.6. The molecule has 0 unspecified atom stereocenters. The van der Waals surface area contributed by atoms with Crippen LogP contribution in [0.4, 0.5) is 5.69 Å². The number of benzene rings is 1. The number of nitrogen functional groups attached to an aromatic ring is 1. The van der Waals surface area contributed by atoms with Crippen molar-refractivity contribution in [1.29, 1.82) is 0 Å². The summed E-state index contributed by atoms with van der Waals surface area (Å²) in [7, 11) is 0. The van der Waals surface area contributed by atoms with E-state index in [2.05, 4.69) is 0 Å². The molecule has 0 amide bonds. The standard InChI is InChI=1S/C10H10ClNO3/c11-7-2-1-3-8(12)9(7)10(13)15-6-4-14-5-6/h1-3,6H,4-5,12H2. The molecule has 2 N–H and O–H groups in total. The highest BCUT2D eigenvalue weighted by atomic mass is 35.5. The molecule has 1 aliphatic heterocycles. The maximum Gasteiger partial charge on any atom is 0.342 e. The molecule has 5 heteroatoms. The van der Waals surface area contributed by atoms with Gasteiger partial charge in [0.15, 0.2) is 0 Å². The second kappa shape index (κ2) is 4.08. The monoisotopic (exact) mass is 227 g/mol. The average molecular weight is 228 g/mol. The third-order valence-electron chi connectivity index (χ3n) is 2.13. The third-order valence-corrected chi connectivity index (χ3v) is 2.45. The SMILES string of the molecule is Nc1cccc(Cl)c1C(=O)OC1COC1. The van der Waals surface area contributed by atoms with Crippen LogP contribution in [0.3, 0.4) is 0 Å². The van der Waals surface area contributed by atoms with E-state index in [-0.39, 0.29) is 11.7 Å². The number of hydrogen-bond donors (Lipinski definition) is 1. The zero-order chi connectivity index (χ0) is 10.8. The number of carbonyl (C=O) groups is 1. The molecule has 1 aliphatic rings. The summed E-state index contributed by atoms with van der Waals surface area (Å²) in [5.74, 6) is -0.494. The highest BCUT2D eigenvalue weighted by Gasteiger charge is 2.25. The summed E-state index contributed by atoms with van der Waals surface area (Å²) in [6, 6.07) is 4.90. The average Bonchev–Trinajstić information content (AvgIpc) is 2.11. The maximum absolute atomic E-state index is 11.6. The van der Waals surface area contributed by atoms with E-state index in [0.717, 1.165) is 0 Å². The molecule has 1 fully saturated rings. The lowest BCUT2D eigenvalue weighted by atomic mass is 10.2. The van der Waals surface area contributed by atoms with Crippen molar-refractivity contribution in [3.8, 4) is 0 Å². The van der Waals surface area contributed by atoms with Crippen LogP contribution in [-0.4, -0.2) is 25.3 Å². The molecule has 1 saturated heterocycles. The van der Waals surface area contributed by atoms with E-state index in [4.69, 9.17) is 26.8 Å². The first kappa shape index (κ1) is 10.3. The van der Waals surface area contributed by atoms with Crippen molar-refractivity contribution in [2.45, 2.75) is 6.10 Å². The number of esters is 1. The lowest BCUT2D eigenvalue weighted by Gasteiger charge is -2.25. The van der Waals surface area contributed by atoms with E-state index in [0.29, 0.717) is 23.9 Å². The van der Waals surface area contributed by atoms with Crippen LogP contribution < -0.4 is 5.73 Å². The van der Waals surface area contributed by atoms with Gasteiger partial charge >= 0.3 is 5.97 Å². The Labute approximate surface area is 91.9 Å². The van der Waals surface area contributed by atoms with Gasteiger partial charge in [-0.25, -0.2) is 4.79 Å². The van der Waals surface area contributed by atoms with Gasteiger partial charge in [0, 0.05) is 5.69 Å². The van der Waals surface area contributed by atoms with Gasteiger partial charge in [0.25, 0.3) is 0 Å². The number of anilines is 1. The lowest BCUT2D eigenvalue weighted by molar-refractivity contribution is -0.103. The van der Waals surface area contributed by atoms with Gasteiger partial charge in [-0.2, -0.15) is 0 Å². The molecule has 0 aromatic heterocycles. The third kappa shape index (κ3) is 2.06. The fourth-order valence-electron chi connectivity index (χ4n) is 1.25. The quantitative estimate of drug-likeness (QED) is 0.614. The van der Waals surface area contributed by atoms with E-state index in [1.807, 2.05) is 0 Å². The number of ether oxygens (including phenoxy) is 2. The van der Waals surface area contributed by atoms with E-state index in [1.54, 1.807) is 18.2 Å². The Balaban J connectivity index is 2.16. The molecule has 0 radical (unpaired) electrons. The van der Waals surface area contributed by atoms with E-state index in [9.17, 15) is 4.79 Å². The molecule has 1 heterocycles. The zero-order valence-electron chi connectivity index (χ0n) is 7.90. The first-order valence-corrected chi connectivity index (χ1v) is 4.89. The summed E-state index contributed by atoms with van der Waals surface area (Å²) < 4.78 is 10.00. The summed E-state index contributed by atoms with van der Waals surface area (Å²) in [6.07, 6.45) is -0.173. The van der Waals surface area contributed by atoms with Gasteiger partial charge in [0.05, 0.1) is 18.2 Å². The molecular weight excluding hydrogens is 218 g/mol. The van der Waals surface area contributed by atoms with Crippen molar-refractivity contribution in [1.82, 2.24) is 0 Å². The van der Waals surface area contributed by atoms with Crippen molar-refractivity contribution in [3.63, 3.8) is 0 Å². The van der Waals surface area contributed by atoms with Crippen LogP contribution in [0.15, 0.2) is 18.2 Å². The first-order valence-electron chi connectivity index (χ1n) is 4.51. The molecule has 0 bridgehead atoms. The summed E-state index contributed by atoms with van der Waals surface area (Å²) in [5, 5.41) is 0.306. The van der Waals surface area contributed by atoms with Gasteiger partial charge in [0.1, 0.15) is 11.7 Å². The van der Waals surface area contributed by atoms with Gasteiger partial charge in [-0.1, -0.05) is 17.7 Å². The Bertz CT molecular complexity index is 370. The number of rotatable bonds is 2. The van der Waals surface area contributed by atoms with Gasteiger partial charge in [-0.05, 0) is 12.1 Å². The predicted molar refractivity (Wildman–Crippen MR) is 55.9 cm³/mol. The molecule has 0 atom stereocenters. The molecule has 0 saturated carbocycles. The number of nitrogens with two attached hydrogens (primary N) is 1. The zero-order valence-corrected chi connectivity index (χ0v) is 8.66. The van der Waals surface area contributed by atoms with Crippen LogP contribution in [0.5, 0.6) is 0 Å². The predicted octanol–water partition coefficient (Wildman–Crippen LogP) is 1.48. The number of halogens is 1. The lowest BCUT2D eigenvalue weighted by Crippen LogP contribution is -2.38. The smallest absolute Gasteiger partial charge is 0.342 e. The minimum atomic E-state index is -0.494. The van der Waals surface area contributed by atoms with E-state index in [1.165, 1.54) is 0 Å². The second-order valence-electron chi connectivity index (χ2n) is 3.27. The summed E-state index contributed by atoms with van der Waals surface area (Å²) in [6.45, 7) is 0.881. The van der Waals surface area contributed by atoms with Crippen molar-refractivity contribution in [2.24, 2.45) is 0 Å². The molecule has 15 heavy (non-hydrogen) atoms. The van der Waals surface area contributed by atoms with Crippen molar-refractivity contribution in [2.75, 3.05) is 18.9 Å². The molecule has 1 aromatic rings. The Morgan fingerprint density at radius 3 is 2.80 bits per heavy atom.